The number of phenolic OH excluding ortho intramolecular Hbond substituents is 1. The number of aliphatic hydroxyl groups is 4. The predicted octanol–water partition coefficient (Wildman–Crippen LogP) is 8.61. The first-order valence-electron chi connectivity index (χ1n) is 20.8. The van der Waals surface area contributed by atoms with Gasteiger partial charge in [0.1, 0.15) is 47.9 Å². The fourth-order valence-electron chi connectivity index (χ4n) is 8.07. The summed E-state index contributed by atoms with van der Waals surface area (Å²) < 4.78 is 90.7. The Balaban J connectivity index is 0.000000295. The van der Waals surface area contributed by atoms with Gasteiger partial charge in [0.05, 0.1) is 37.9 Å². The van der Waals surface area contributed by atoms with Crippen LogP contribution >= 0.6 is 0 Å². The van der Waals surface area contributed by atoms with Crippen molar-refractivity contribution in [3.05, 3.63) is 156 Å². The molecule has 5 aromatic rings. The molecule has 0 spiro atoms. The topological polar surface area (TPSA) is 147 Å². The molecule has 5 N–H and O–H groups in total. The van der Waals surface area contributed by atoms with Crippen LogP contribution in [0.3, 0.4) is 0 Å². The number of phenols is 1. The second kappa shape index (κ2) is 22.6. The van der Waals surface area contributed by atoms with Crippen LogP contribution < -0.4 is 14.2 Å². The number of ether oxygens (including phenoxy) is 5. The van der Waals surface area contributed by atoms with Gasteiger partial charge in [-0.05, 0) is 77.6 Å². The molecule has 64 heavy (non-hydrogen) atoms. The first-order chi connectivity index (χ1) is 30.2. The van der Waals surface area contributed by atoms with Crippen LogP contribution in [0.25, 0.3) is 0 Å². The van der Waals surface area contributed by atoms with E-state index >= 15 is 8.78 Å². The van der Waals surface area contributed by atoms with Gasteiger partial charge in [-0.3, -0.25) is 0 Å². The molecule has 5 aromatic carbocycles. The van der Waals surface area contributed by atoms with Crippen LogP contribution in [0.1, 0.15) is 44.4 Å². The van der Waals surface area contributed by atoms with Crippen LogP contribution in [0.15, 0.2) is 140 Å². The third-order valence-electron chi connectivity index (χ3n) is 11.6. The molecule has 7 rings (SSSR count). The van der Waals surface area contributed by atoms with E-state index in [2.05, 4.69) is 0 Å². The van der Waals surface area contributed by atoms with Gasteiger partial charge in [0.2, 0.25) is 0 Å². The van der Waals surface area contributed by atoms with Crippen molar-refractivity contribution in [3.63, 3.8) is 0 Å². The van der Waals surface area contributed by atoms with Gasteiger partial charge in [0.25, 0.3) is 11.8 Å². The Morgan fingerprint density at radius 3 is 1.42 bits per heavy atom. The van der Waals surface area contributed by atoms with Gasteiger partial charge in [-0.2, -0.15) is 0 Å². The molecule has 0 amide bonds. The molecule has 0 unspecified atom stereocenters. The number of hydrogen-bond donors (Lipinski definition) is 5. The molecule has 2 saturated carbocycles. The Morgan fingerprint density at radius 2 is 0.938 bits per heavy atom. The largest absolute Gasteiger partial charge is 0.508 e. The van der Waals surface area contributed by atoms with Crippen molar-refractivity contribution in [2.45, 2.75) is 102 Å². The highest BCUT2D eigenvalue weighted by atomic mass is 19.3. The van der Waals surface area contributed by atoms with E-state index in [-0.39, 0.29) is 32.0 Å². The summed E-state index contributed by atoms with van der Waals surface area (Å²) >= 11 is 0. The maximum absolute atomic E-state index is 16.3. The highest BCUT2D eigenvalue weighted by Gasteiger charge is 2.63. The highest BCUT2D eigenvalue weighted by molar-refractivity contribution is 5.33. The molecule has 10 atom stereocenters. The maximum atomic E-state index is 16.3. The lowest BCUT2D eigenvalue weighted by atomic mass is 9.71. The quantitative estimate of drug-likeness (QED) is 0.0648. The van der Waals surface area contributed by atoms with Crippen LogP contribution in [-0.2, 0) is 29.3 Å². The smallest absolute Gasteiger partial charge is 0.294 e. The number of halogens is 4. The summed E-state index contributed by atoms with van der Waals surface area (Å²) in [7, 11) is 0. The molecule has 0 bridgehead atoms. The minimum atomic E-state index is -3.76. The number of alkyl halides is 4. The fourth-order valence-corrected chi connectivity index (χ4v) is 8.07. The third kappa shape index (κ3) is 11.9. The van der Waals surface area contributed by atoms with Crippen molar-refractivity contribution in [3.8, 4) is 23.0 Å². The Morgan fingerprint density at radius 1 is 0.516 bits per heavy atom. The van der Waals surface area contributed by atoms with Crippen molar-refractivity contribution in [2.24, 2.45) is 17.8 Å². The van der Waals surface area contributed by atoms with E-state index in [1.165, 1.54) is 24.3 Å². The summed E-state index contributed by atoms with van der Waals surface area (Å²) in [5, 5.41) is 47.0. The molecule has 0 heterocycles. The lowest BCUT2D eigenvalue weighted by Gasteiger charge is -2.49. The molecule has 0 saturated heterocycles. The summed E-state index contributed by atoms with van der Waals surface area (Å²) in [5.74, 6) is -9.46. The number of aliphatic hydroxyl groups excluding tert-OH is 4. The second-order valence-electron chi connectivity index (χ2n) is 15.8. The monoisotopic (exact) mass is 894 g/mol. The van der Waals surface area contributed by atoms with E-state index in [4.69, 9.17) is 33.9 Å². The van der Waals surface area contributed by atoms with Gasteiger partial charge in [-0.15, -0.1) is 0 Å². The Labute approximate surface area is 371 Å². The summed E-state index contributed by atoms with van der Waals surface area (Å²) in [4.78, 5) is 0. The fraction of sp³-hybridized carbons (Fsp3) is 0.400. The molecular weight excluding hydrogens is 837 g/mol. The van der Waals surface area contributed by atoms with E-state index in [1.54, 1.807) is 31.2 Å². The van der Waals surface area contributed by atoms with Gasteiger partial charge in [0.15, 0.2) is 12.2 Å². The molecular formula is C50H58F4O10. The van der Waals surface area contributed by atoms with E-state index < -0.39 is 78.9 Å². The second-order valence-corrected chi connectivity index (χ2v) is 15.8. The summed E-state index contributed by atoms with van der Waals surface area (Å²) in [5.41, 5.74) is 2.91. The zero-order valence-corrected chi connectivity index (χ0v) is 34.9. The van der Waals surface area contributed by atoms with Gasteiger partial charge in [0, 0.05) is 5.92 Å². The van der Waals surface area contributed by atoms with Crippen LogP contribution in [0.4, 0.5) is 17.6 Å². The normalized spacial score (nSPS) is 26.9. The van der Waals surface area contributed by atoms with Crippen molar-refractivity contribution in [2.75, 3.05) is 6.61 Å². The number of rotatable bonds is 15. The average Bonchev–Trinajstić information content (AvgIpc) is 3.29. The number of hydrogen-bond acceptors (Lipinski definition) is 10. The molecule has 0 radical (unpaired) electrons. The molecule has 0 aliphatic heterocycles. The number of benzene rings is 5. The van der Waals surface area contributed by atoms with E-state index in [0.717, 1.165) is 16.7 Å². The predicted molar refractivity (Wildman–Crippen MR) is 232 cm³/mol. The molecule has 2 aliphatic rings. The summed E-state index contributed by atoms with van der Waals surface area (Å²) in [6, 6.07) is 40.8. The van der Waals surface area contributed by atoms with Crippen molar-refractivity contribution < 1.29 is 66.8 Å². The maximum Gasteiger partial charge on any atom is 0.294 e. The molecule has 0 aromatic heterocycles. The average molecular weight is 895 g/mol. The zero-order valence-electron chi connectivity index (χ0n) is 34.9. The van der Waals surface area contributed by atoms with Crippen molar-refractivity contribution in [1.29, 1.82) is 0 Å². The summed E-state index contributed by atoms with van der Waals surface area (Å²) in [6.45, 7) is 3.43. The van der Waals surface area contributed by atoms with Crippen LogP contribution in [-0.4, -0.2) is 86.7 Å². The molecule has 2 fully saturated rings. The van der Waals surface area contributed by atoms with E-state index in [9.17, 15) is 24.1 Å². The molecule has 2 aliphatic carbocycles. The van der Waals surface area contributed by atoms with Gasteiger partial charge < -0.3 is 49.2 Å². The first-order valence-corrected chi connectivity index (χ1v) is 20.8. The van der Waals surface area contributed by atoms with Crippen molar-refractivity contribution in [1.82, 2.24) is 0 Å². The molecule has 14 heteroatoms. The Bertz CT molecular complexity index is 2100. The zero-order chi connectivity index (χ0) is 45.1. The van der Waals surface area contributed by atoms with E-state index in [0.29, 0.717) is 24.7 Å². The van der Waals surface area contributed by atoms with Gasteiger partial charge >= 0.3 is 0 Å². The molecule has 346 valence electrons. The Hall–Kier alpha value is -5.22. The first kappa shape index (κ1) is 49.8. The van der Waals surface area contributed by atoms with E-state index in [1.807, 2.05) is 97.9 Å². The third-order valence-corrected chi connectivity index (χ3v) is 11.6. The lowest BCUT2D eigenvalue weighted by molar-refractivity contribution is -0.267. The van der Waals surface area contributed by atoms with Crippen LogP contribution in [0.5, 0.6) is 23.0 Å². The van der Waals surface area contributed by atoms with Crippen molar-refractivity contribution >= 4 is 0 Å². The Kier molecular flexibility index (Phi) is 17.6. The standard InChI is InChI=1S/C36H38F2O4.C13H16F2O6.CH4/c1-3-32-26(2)33(40-24-28-15-9-5-10-16-28)34(41-25-29-17-11-6-12-18-29)35(36(32,37)38)42-31-21-19-30(20-22-31)39-23-27-13-7-4-8-14-27;14-13(15)8(5-16)9(18)10(19)11(20)12(13)21-7-3-1-6(17)2-4-7;/h4-22,26,32-35H,3,23-25H2,1-2H3;1-4,8-12,16-20H,5H2;1H4/t26-,32-,33+,34-,35-;8-,9-,10+,11-,12-;/m11./s1. The SMILES string of the molecule is C.CC[C@@H]1[C@@H](C)[C@H](OCc2ccccc2)[C@@H](OCc2ccccc2)[C@@H](Oc2ccc(OCc3ccccc3)cc2)C1(F)F.OC[C@@H]1[C@@H](O)[C@H](O)[C@@H](O)[C@@H](Oc2ccc(O)cc2)C1(F)F. The van der Waals surface area contributed by atoms with Crippen LogP contribution in [0, 0.1) is 17.8 Å². The minimum absolute atomic E-state index is 0. The van der Waals surface area contributed by atoms with Gasteiger partial charge in [-0.25, -0.2) is 17.6 Å². The summed E-state index contributed by atoms with van der Waals surface area (Å²) in [6.07, 6.45) is -10.9. The number of aromatic hydroxyl groups is 1. The highest BCUT2D eigenvalue weighted by Crippen LogP contribution is 2.48. The van der Waals surface area contributed by atoms with Gasteiger partial charge in [-0.1, -0.05) is 112 Å². The lowest BCUT2D eigenvalue weighted by Crippen LogP contribution is -2.67. The van der Waals surface area contributed by atoms with Crippen LogP contribution in [0.2, 0.25) is 0 Å². The molecule has 10 nitrogen and oxygen atoms in total. The minimum Gasteiger partial charge on any atom is -0.508 e.